The molecule has 4 N–H and O–H groups in total. The van der Waals surface area contributed by atoms with E-state index in [1.54, 1.807) is 23.7 Å². The largest absolute Gasteiger partial charge is 0.379 e. The lowest BCUT2D eigenvalue weighted by Gasteiger charge is -2.10. The van der Waals surface area contributed by atoms with Crippen molar-refractivity contribution in [2.24, 2.45) is 0 Å². The van der Waals surface area contributed by atoms with Gasteiger partial charge in [0.15, 0.2) is 0 Å². The number of sulfonamides is 1. The standard InChI is InChI=1S/C23H17ClN6O5S3/c24-19-7-8-20(37-19)38(34,35)29-22(32)27-13-1-4-16(5-2-13)30-21(31)17-6-3-14(9-18(17)28-23(30)33)25-10-15-11-36-12-26-15/h1-9,11-12,25H,10H2,(H,28,33)(H2,27,29,32). The lowest BCUT2D eigenvalue weighted by Crippen LogP contribution is -2.34. The van der Waals surface area contributed by atoms with Crippen molar-refractivity contribution in [1.82, 2.24) is 19.3 Å². The second-order valence-electron chi connectivity index (χ2n) is 7.83. The predicted molar refractivity (Wildman–Crippen MR) is 148 cm³/mol. The van der Waals surface area contributed by atoms with E-state index in [-0.39, 0.29) is 19.9 Å². The third kappa shape index (κ3) is 5.47. The Kier molecular flexibility index (Phi) is 7.03. The van der Waals surface area contributed by atoms with Gasteiger partial charge in [-0.25, -0.2) is 32.3 Å². The molecule has 38 heavy (non-hydrogen) atoms. The van der Waals surface area contributed by atoms with E-state index in [1.165, 1.54) is 47.7 Å². The summed E-state index contributed by atoms with van der Waals surface area (Å²) in [5.74, 6) is 0. The number of aromatic amines is 1. The molecular formula is C23H17ClN6O5S3. The first kappa shape index (κ1) is 25.7. The summed E-state index contributed by atoms with van der Waals surface area (Å²) in [6, 6.07) is 12.5. The van der Waals surface area contributed by atoms with Gasteiger partial charge in [-0.05, 0) is 54.6 Å². The quantitative estimate of drug-likeness (QED) is 0.224. The molecule has 0 radical (unpaired) electrons. The number of thiazole rings is 1. The highest BCUT2D eigenvalue weighted by Gasteiger charge is 2.20. The van der Waals surface area contributed by atoms with Gasteiger partial charge in [0, 0.05) is 16.8 Å². The third-order valence-corrected chi connectivity index (χ3v) is 8.97. The zero-order chi connectivity index (χ0) is 26.9. The fourth-order valence-corrected chi connectivity index (χ4v) is 6.49. The minimum Gasteiger partial charge on any atom is -0.379 e. The van der Waals surface area contributed by atoms with Gasteiger partial charge in [-0.15, -0.1) is 22.7 Å². The van der Waals surface area contributed by atoms with Gasteiger partial charge in [0.1, 0.15) is 4.21 Å². The maximum absolute atomic E-state index is 13.1. The van der Waals surface area contributed by atoms with Gasteiger partial charge in [-0.3, -0.25) is 4.79 Å². The summed E-state index contributed by atoms with van der Waals surface area (Å²) in [7, 11) is -4.09. The number of thiophene rings is 1. The van der Waals surface area contributed by atoms with Crippen molar-refractivity contribution >= 4 is 72.6 Å². The number of halogens is 1. The van der Waals surface area contributed by atoms with Gasteiger partial charge in [0.2, 0.25) is 0 Å². The van der Waals surface area contributed by atoms with Gasteiger partial charge >= 0.3 is 11.7 Å². The van der Waals surface area contributed by atoms with E-state index in [2.05, 4.69) is 20.6 Å². The molecule has 0 fully saturated rings. The number of hydrogen-bond donors (Lipinski definition) is 4. The number of hydrogen-bond acceptors (Lipinski definition) is 9. The van der Waals surface area contributed by atoms with Crippen LogP contribution in [0.4, 0.5) is 16.2 Å². The highest BCUT2D eigenvalue weighted by molar-refractivity contribution is 7.92. The highest BCUT2D eigenvalue weighted by atomic mass is 35.5. The molecule has 2 amide bonds. The number of benzene rings is 2. The Morgan fingerprint density at radius 1 is 1.05 bits per heavy atom. The van der Waals surface area contributed by atoms with E-state index in [1.807, 2.05) is 10.1 Å². The molecule has 3 heterocycles. The first-order chi connectivity index (χ1) is 18.2. The SMILES string of the molecule is O=C(Nc1ccc(-n2c(=O)[nH]c3cc(NCc4cscn4)ccc3c2=O)cc1)NS(=O)(=O)c1ccc(Cl)s1. The topological polar surface area (TPSA) is 155 Å². The molecule has 0 aliphatic carbocycles. The first-order valence-corrected chi connectivity index (χ1v) is 14.4. The van der Waals surface area contributed by atoms with Gasteiger partial charge in [-0.2, -0.15) is 0 Å². The summed E-state index contributed by atoms with van der Waals surface area (Å²) in [5, 5.41) is 7.83. The van der Waals surface area contributed by atoms with Crippen molar-refractivity contribution in [3.8, 4) is 5.69 Å². The summed E-state index contributed by atoms with van der Waals surface area (Å²) < 4.78 is 27.6. The van der Waals surface area contributed by atoms with Crippen molar-refractivity contribution in [3.05, 3.63) is 96.4 Å². The molecular weight excluding hydrogens is 572 g/mol. The lowest BCUT2D eigenvalue weighted by molar-refractivity contribution is 0.256. The van der Waals surface area contributed by atoms with Gasteiger partial charge in [0.25, 0.3) is 15.6 Å². The molecule has 0 saturated heterocycles. The van der Waals surface area contributed by atoms with Crippen molar-refractivity contribution in [2.75, 3.05) is 10.6 Å². The monoisotopic (exact) mass is 588 g/mol. The van der Waals surface area contributed by atoms with E-state index in [0.717, 1.165) is 27.3 Å². The van der Waals surface area contributed by atoms with Gasteiger partial charge < -0.3 is 15.6 Å². The molecule has 0 aliphatic rings. The van der Waals surface area contributed by atoms with E-state index in [4.69, 9.17) is 11.6 Å². The highest BCUT2D eigenvalue weighted by Crippen LogP contribution is 2.25. The molecule has 5 aromatic rings. The zero-order valence-corrected chi connectivity index (χ0v) is 22.3. The second-order valence-corrected chi connectivity index (χ2v) is 12.2. The van der Waals surface area contributed by atoms with Gasteiger partial charge in [-0.1, -0.05) is 11.6 Å². The van der Waals surface area contributed by atoms with Crippen molar-refractivity contribution in [2.45, 2.75) is 10.8 Å². The molecule has 0 unspecified atom stereocenters. The van der Waals surface area contributed by atoms with Crippen molar-refractivity contribution < 1.29 is 13.2 Å². The van der Waals surface area contributed by atoms with Crippen molar-refractivity contribution in [3.63, 3.8) is 0 Å². The first-order valence-electron chi connectivity index (χ1n) is 10.8. The number of urea groups is 1. The lowest BCUT2D eigenvalue weighted by atomic mass is 10.2. The summed E-state index contributed by atoms with van der Waals surface area (Å²) in [6.45, 7) is 0.503. The van der Waals surface area contributed by atoms with E-state index < -0.39 is 27.3 Å². The molecule has 194 valence electrons. The van der Waals surface area contributed by atoms with Crippen LogP contribution in [-0.2, 0) is 16.6 Å². The maximum Gasteiger partial charge on any atom is 0.333 e. The zero-order valence-electron chi connectivity index (χ0n) is 19.1. The minimum absolute atomic E-state index is 0.106. The Morgan fingerprint density at radius 2 is 1.82 bits per heavy atom. The molecule has 11 nitrogen and oxygen atoms in total. The number of carbonyl (C=O) groups is 1. The molecule has 15 heteroatoms. The van der Waals surface area contributed by atoms with E-state index in [0.29, 0.717) is 17.4 Å². The Balaban J connectivity index is 1.33. The van der Waals surface area contributed by atoms with E-state index >= 15 is 0 Å². The number of amides is 2. The second kappa shape index (κ2) is 10.4. The molecule has 0 spiro atoms. The number of carbonyl (C=O) groups excluding carboxylic acids is 1. The average molecular weight is 589 g/mol. The Labute approximate surface area is 227 Å². The van der Waals surface area contributed by atoms with Crippen LogP contribution in [0.25, 0.3) is 16.6 Å². The van der Waals surface area contributed by atoms with Crippen molar-refractivity contribution in [1.29, 1.82) is 0 Å². The van der Waals surface area contributed by atoms with Gasteiger partial charge in [0.05, 0.1) is 38.7 Å². The van der Waals surface area contributed by atoms with Crippen LogP contribution in [0.3, 0.4) is 0 Å². The minimum atomic E-state index is -4.09. The number of anilines is 2. The number of nitrogens with one attached hydrogen (secondary N) is 4. The Bertz CT molecular complexity index is 1860. The smallest absolute Gasteiger partial charge is 0.333 e. The molecule has 2 aromatic carbocycles. The third-order valence-electron chi connectivity index (χ3n) is 5.28. The van der Waals surface area contributed by atoms with Crippen LogP contribution < -0.4 is 26.6 Å². The molecule has 0 bridgehead atoms. The Morgan fingerprint density at radius 3 is 2.50 bits per heavy atom. The van der Waals surface area contributed by atoms with Crippen LogP contribution in [0, 0.1) is 0 Å². The molecule has 3 aromatic heterocycles. The maximum atomic E-state index is 13.1. The number of nitrogens with zero attached hydrogens (tertiary/aromatic N) is 2. The number of rotatable bonds is 7. The summed E-state index contributed by atoms with van der Waals surface area (Å²) in [6.07, 6.45) is 0. The molecule has 0 atom stereocenters. The normalized spacial score (nSPS) is 11.4. The molecule has 0 aliphatic heterocycles. The summed E-state index contributed by atoms with van der Waals surface area (Å²) in [5.41, 5.74) is 3.06. The average Bonchev–Trinajstić information content (AvgIpc) is 3.55. The van der Waals surface area contributed by atoms with Crippen LogP contribution in [0.2, 0.25) is 4.34 Å². The van der Waals surface area contributed by atoms with Crippen LogP contribution in [0.1, 0.15) is 5.69 Å². The van der Waals surface area contributed by atoms with Crippen LogP contribution in [-0.4, -0.2) is 29.0 Å². The molecule has 5 rings (SSSR count). The van der Waals surface area contributed by atoms with Crippen LogP contribution in [0.5, 0.6) is 0 Å². The van der Waals surface area contributed by atoms with Crippen LogP contribution in [0.15, 0.2) is 79.3 Å². The number of H-pyrrole nitrogens is 1. The fourth-order valence-electron chi connectivity index (χ4n) is 3.54. The number of aromatic nitrogens is 3. The van der Waals surface area contributed by atoms with E-state index in [9.17, 15) is 22.8 Å². The predicted octanol–water partition coefficient (Wildman–Crippen LogP) is 3.97. The summed E-state index contributed by atoms with van der Waals surface area (Å²) >= 11 is 8.07. The molecule has 0 saturated carbocycles. The number of fused-ring (bicyclic) bond motifs is 1. The van der Waals surface area contributed by atoms with Crippen LogP contribution >= 0.6 is 34.3 Å². The Hall–Kier alpha value is -3.98. The summed E-state index contributed by atoms with van der Waals surface area (Å²) in [4.78, 5) is 45.0. The fraction of sp³-hybridized carbons (Fsp3) is 0.0435.